The lowest BCUT2D eigenvalue weighted by Crippen LogP contribution is -2.33. The number of hydrogen-bond acceptors (Lipinski definition) is 2. The van der Waals surface area contributed by atoms with Crippen LogP contribution >= 0.6 is 0 Å². The first-order valence-electron chi connectivity index (χ1n) is 3.72. The van der Waals surface area contributed by atoms with Crippen LogP contribution in [0.15, 0.2) is 0 Å². The zero-order chi connectivity index (χ0) is 7.19. The van der Waals surface area contributed by atoms with Crippen LogP contribution in [-0.2, 0) is 4.79 Å². The molecule has 0 aromatic rings. The van der Waals surface area contributed by atoms with E-state index in [9.17, 15) is 4.79 Å². The van der Waals surface area contributed by atoms with E-state index in [1.54, 1.807) is 7.05 Å². The standard InChI is InChI=1S/C7H12N2O/c1-8-6(10)7-2-5(7)3-9-4-7/h5,9H,2-4H2,1H3,(H,8,10)/t5-,7?/m1/s1. The highest BCUT2D eigenvalue weighted by atomic mass is 16.2. The highest BCUT2D eigenvalue weighted by molar-refractivity contribution is 5.86. The molecule has 3 heteroatoms. The summed E-state index contributed by atoms with van der Waals surface area (Å²) in [5, 5.41) is 5.93. The van der Waals surface area contributed by atoms with Crippen LogP contribution in [0, 0.1) is 11.3 Å². The summed E-state index contributed by atoms with van der Waals surface area (Å²) in [6, 6.07) is 0. The molecule has 1 saturated carbocycles. The van der Waals surface area contributed by atoms with E-state index in [0.717, 1.165) is 19.5 Å². The van der Waals surface area contributed by atoms with Gasteiger partial charge in [-0.1, -0.05) is 0 Å². The third-order valence-corrected chi connectivity index (χ3v) is 2.74. The maximum atomic E-state index is 11.2. The summed E-state index contributed by atoms with van der Waals surface area (Å²) in [5.41, 5.74) is 0.00868. The van der Waals surface area contributed by atoms with Gasteiger partial charge in [-0.3, -0.25) is 4.79 Å². The molecule has 56 valence electrons. The predicted octanol–water partition coefficient (Wildman–Crippen LogP) is -0.658. The van der Waals surface area contributed by atoms with Gasteiger partial charge in [0.2, 0.25) is 5.91 Å². The Balaban J connectivity index is 2.11. The average molecular weight is 140 g/mol. The number of piperidine rings is 1. The Morgan fingerprint density at radius 1 is 1.80 bits per heavy atom. The molecule has 2 N–H and O–H groups in total. The lowest BCUT2D eigenvalue weighted by atomic mass is 10.1. The maximum Gasteiger partial charge on any atom is 0.227 e. The van der Waals surface area contributed by atoms with Crippen molar-refractivity contribution in [1.82, 2.24) is 10.6 Å². The Bertz CT molecular complexity index is 180. The van der Waals surface area contributed by atoms with Crippen molar-refractivity contribution in [3.8, 4) is 0 Å². The molecule has 3 nitrogen and oxygen atoms in total. The van der Waals surface area contributed by atoms with Gasteiger partial charge in [-0.05, 0) is 18.9 Å². The van der Waals surface area contributed by atoms with Crippen molar-refractivity contribution in [3.05, 3.63) is 0 Å². The van der Waals surface area contributed by atoms with Crippen LogP contribution in [0.4, 0.5) is 0 Å². The minimum Gasteiger partial charge on any atom is -0.359 e. The maximum absolute atomic E-state index is 11.2. The molecular formula is C7H12N2O. The Hall–Kier alpha value is -0.570. The number of rotatable bonds is 1. The normalized spacial score (nSPS) is 42.7. The van der Waals surface area contributed by atoms with Gasteiger partial charge in [0.25, 0.3) is 0 Å². The molecule has 0 spiro atoms. The molecule has 1 aliphatic heterocycles. The molecule has 10 heavy (non-hydrogen) atoms. The average Bonchev–Trinajstić information content (AvgIpc) is 2.54. The quantitative estimate of drug-likeness (QED) is 0.508. The van der Waals surface area contributed by atoms with Gasteiger partial charge in [0.1, 0.15) is 0 Å². The van der Waals surface area contributed by atoms with Crippen LogP contribution in [0.1, 0.15) is 6.42 Å². The second kappa shape index (κ2) is 1.72. The number of hydrogen-bond donors (Lipinski definition) is 2. The number of fused-ring (bicyclic) bond motifs is 1. The summed E-state index contributed by atoms with van der Waals surface area (Å²) < 4.78 is 0. The zero-order valence-electron chi connectivity index (χ0n) is 6.11. The second-order valence-electron chi connectivity index (χ2n) is 3.27. The van der Waals surface area contributed by atoms with Gasteiger partial charge in [0, 0.05) is 13.6 Å². The Kier molecular flexibility index (Phi) is 1.06. The van der Waals surface area contributed by atoms with Crippen LogP contribution in [0.2, 0.25) is 0 Å². The third kappa shape index (κ3) is 0.560. The third-order valence-electron chi connectivity index (χ3n) is 2.74. The first kappa shape index (κ1) is 6.16. The summed E-state index contributed by atoms with van der Waals surface area (Å²) >= 11 is 0. The van der Waals surface area contributed by atoms with Crippen LogP contribution in [0.25, 0.3) is 0 Å². The largest absolute Gasteiger partial charge is 0.359 e. The van der Waals surface area contributed by atoms with E-state index in [1.807, 2.05) is 0 Å². The minimum atomic E-state index is 0.00868. The van der Waals surface area contributed by atoms with Crippen LogP contribution < -0.4 is 10.6 Å². The lowest BCUT2D eigenvalue weighted by Gasteiger charge is -2.07. The monoisotopic (exact) mass is 140 g/mol. The van der Waals surface area contributed by atoms with Crippen molar-refractivity contribution in [2.24, 2.45) is 11.3 Å². The number of carbonyl (C=O) groups excluding carboxylic acids is 1. The van der Waals surface area contributed by atoms with Gasteiger partial charge in [0.15, 0.2) is 0 Å². The van der Waals surface area contributed by atoms with Crippen molar-refractivity contribution < 1.29 is 4.79 Å². The molecular weight excluding hydrogens is 128 g/mol. The molecule has 2 aliphatic rings. The SMILES string of the molecule is CNC(=O)C12CNC[C@H]1C2. The topological polar surface area (TPSA) is 41.1 Å². The number of amides is 1. The van der Waals surface area contributed by atoms with E-state index in [0.29, 0.717) is 5.92 Å². The summed E-state index contributed by atoms with van der Waals surface area (Å²) in [4.78, 5) is 11.2. The van der Waals surface area contributed by atoms with E-state index < -0.39 is 0 Å². The fraction of sp³-hybridized carbons (Fsp3) is 0.857. The Morgan fingerprint density at radius 3 is 3.00 bits per heavy atom. The molecule has 0 aromatic carbocycles. The highest BCUT2D eigenvalue weighted by Gasteiger charge is 2.62. The zero-order valence-corrected chi connectivity index (χ0v) is 6.11. The van der Waals surface area contributed by atoms with Crippen molar-refractivity contribution in [2.75, 3.05) is 20.1 Å². The van der Waals surface area contributed by atoms with Crippen LogP contribution in [-0.4, -0.2) is 26.0 Å². The van der Waals surface area contributed by atoms with E-state index in [2.05, 4.69) is 10.6 Å². The van der Waals surface area contributed by atoms with E-state index in [1.165, 1.54) is 0 Å². The number of carbonyl (C=O) groups is 1. The molecule has 1 unspecified atom stereocenters. The molecule has 1 saturated heterocycles. The molecule has 1 amide bonds. The van der Waals surface area contributed by atoms with E-state index in [4.69, 9.17) is 0 Å². The predicted molar refractivity (Wildman–Crippen MR) is 37.5 cm³/mol. The van der Waals surface area contributed by atoms with Crippen LogP contribution in [0.3, 0.4) is 0 Å². The van der Waals surface area contributed by atoms with Crippen molar-refractivity contribution in [2.45, 2.75) is 6.42 Å². The first-order valence-corrected chi connectivity index (χ1v) is 3.72. The molecule has 2 rings (SSSR count). The van der Waals surface area contributed by atoms with Crippen molar-refractivity contribution >= 4 is 5.91 Å². The molecule has 2 fully saturated rings. The molecule has 1 heterocycles. The molecule has 0 bridgehead atoms. The van der Waals surface area contributed by atoms with E-state index >= 15 is 0 Å². The molecule has 0 radical (unpaired) electrons. The van der Waals surface area contributed by atoms with Gasteiger partial charge in [-0.2, -0.15) is 0 Å². The van der Waals surface area contributed by atoms with Gasteiger partial charge in [0.05, 0.1) is 5.41 Å². The smallest absolute Gasteiger partial charge is 0.227 e. The first-order chi connectivity index (χ1) is 4.79. The Labute approximate surface area is 60.2 Å². The second-order valence-corrected chi connectivity index (χ2v) is 3.27. The lowest BCUT2D eigenvalue weighted by molar-refractivity contribution is -0.125. The van der Waals surface area contributed by atoms with Crippen molar-refractivity contribution in [3.63, 3.8) is 0 Å². The Morgan fingerprint density at radius 2 is 2.60 bits per heavy atom. The minimum absolute atomic E-state index is 0.00868. The summed E-state index contributed by atoms with van der Waals surface area (Å²) in [6.45, 7) is 1.92. The summed E-state index contributed by atoms with van der Waals surface area (Å²) in [6.07, 6.45) is 1.10. The van der Waals surface area contributed by atoms with Crippen LogP contribution in [0.5, 0.6) is 0 Å². The molecule has 1 aliphatic carbocycles. The number of nitrogens with one attached hydrogen (secondary N) is 2. The van der Waals surface area contributed by atoms with Gasteiger partial charge < -0.3 is 10.6 Å². The highest BCUT2D eigenvalue weighted by Crippen LogP contribution is 2.54. The van der Waals surface area contributed by atoms with Gasteiger partial charge in [-0.25, -0.2) is 0 Å². The fourth-order valence-electron chi connectivity index (χ4n) is 1.94. The summed E-state index contributed by atoms with van der Waals surface area (Å²) in [5.74, 6) is 0.856. The fourth-order valence-corrected chi connectivity index (χ4v) is 1.94. The summed E-state index contributed by atoms with van der Waals surface area (Å²) in [7, 11) is 1.71. The van der Waals surface area contributed by atoms with Gasteiger partial charge in [-0.15, -0.1) is 0 Å². The van der Waals surface area contributed by atoms with Gasteiger partial charge >= 0.3 is 0 Å². The molecule has 2 atom stereocenters. The van der Waals surface area contributed by atoms with Crippen molar-refractivity contribution in [1.29, 1.82) is 0 Å². The molecule has 0 aromatic heterocycles. The van der Waals surface area contributed by atoms with E-state index in [-0.39, 0.29) is 11.3 Å².